The third kappa shape index (κ3) is 3.15. The van der Waals surface area contributed by atoms with Crippen molar-refractivity contribution in [2.24, 2.45) is 0 Å². The fourth-order valence-electron chi connectivity index (χ4n) is 1.52. The fraction of sp³-hybridized carbons (Fsp3) is 0.500. The maximum Gasteiger partial charge on any atom is 0.351 e. The van der Waals surface area contributed by atoms with Crippen LogP contribution in [0.1, 0.15) is 6.23 Å². The van der Waals surface area contributed by atoms with Crippen molar-refractivity contribution in [2.75, 3.05) is 18.5 Å². The summed E-state index contributed by atoms with van der Waals surface area (Å²) in [5.41, 5.74) is 4.73. The van der Waals surface area contributed by atoms with E-state index < -0.39 is 32.0 Å². The van der Waals surface area contributed by atoms with Gasteiger partial charge in [0.05, 0.1) is 6.61 Å². The largest absolute Gasteiger partial charge is 0.383 e. The Morgan fingerprint density at radius 2 is 2.33 bits per heavy atom. The summed E-state index contributed by atoms with van der Waals surface area (Å²) in [4.78, 5) is 32.6. The van der Waals surface area contributed by atoms with Crippen molar-refractivity contribution in [3.8, 4) is 0 Å². The molecule has 1 fully saturated rings. The number of nitrogens with zero attached hydrogens (tertiary/aromatic N) is 2. The maximum atomic E-state index is 11.5. The van der Waals surface area contributed by atoms with Crippen molar-refractivity contribution in [3.05, 3.63) is 22.7 Å². The molecule has 2 rings (SSSR count). The number of hydrogen-bond acceptors (Lipinski definition) is 6. The van der Waals surface area contributed by atoms with E-state index in [2.05, 4.69) is 4.98 Å². The summed E-state index contributed by atoms with van der Waals surface area (Å²) in [5, 5.41) is 0. The molecule has 10 heteroatoms. The first-order valence-corrected chi connectivity index (χ1v) is 6.81. The molecule has 0 amide bonds. The van der Waals surface area contributed by atoms with Crippen molar-refractivity contribution in [1.82, 2.24) is 9.55 Å². The molecule has 4 N–H and O–H groups in total. The number of nitrogens with two attached hydrogens (primary N) is 1. The smallest absolute Gasteiger partial charge is 0.351 e. The van der Waals surface area contributed by atoms with Crippen LogP contribution in [0.4, 0.5) is 5.82 Å². The SMILES string of the molecule is Nc1ccn([C@H]2CO[C@@H](CP(=O)(O)O)O2)c(=O)n1. The van der Waals surface area contributed by atoms with Crippen LogP contribution in [-0.4, -0.2) is 38.4 Å². The lowest BCUT2D eigenvalue weighted by molar-refractivity contribution is -0.0577. The van der Waals surface area contributed by atoms with E-state index >= 15 is 0 Å². The van der Waals surface area contributed by atoms with Crippen LogP contribution in [0.2, 0.25) is 0 Å². The highest BCUT2D eigenvalue weighted by Gasteiger charge is 2.32. The minimum absolute atomic E-state index is 0.0101. The van der Waals surface area contributed by atoms with Crippen molar-refractivity contribution >= 4 is 13.4 Å². The van der Waals surface area contributed by atoms with Crippen molar-refractivity contribution < 1.29 is 23.8 Å². The van der Waals surface area contributed by atoms with Crippen LogP contribution in [0, 0.1) is 0 Å². The molecular formula is C8H12N3O6P. The molecule has 2 atom stereocenters. The summed E-state index contributed by atoms with van der Waals surface area (Å²) in [6.45, 7) is 0.0101. The Balaban J connectivity index is 2.09. The highest BCUT2D eigenvalue weighted by atomic mass is 31.2. The summed E-state index contributed by atoms with van der Waals surface area (Å²) >= 11 is 0. The molecule has 0 saturated carbocycles. The first kappa shape index (κ1) is 13.2. The van der Waals surface area contributed by atoms with Gasteiger partial charge < -0.3 is 25.0 Å². The molecule has 0 aliphatic carbocycles. The van der Waals surface area contributed by atoms with E-state index in [1.54, 1.807) is 0 Å². The molecule has 1 aromatic rings. The molecular weight excluding hydrogens is 265 g/mol. The molecule has 0 bridgehead atoms. The van der Waals surface area contributed by atoms with Crippen LogP contribution in [0.25, 0.3) is 0 Å². The van der Waals surface area contributed by atoms with Gasteiger partial charge in [0.15, 0.2) is 12.5 Å². The monoisotopic (exact) mass is 277 g/mol. The number of hydrogen-bond donors (Lipinski definition) is 3. The summed E-state index contributed by atoms with van der Waals surface area (Å²) in [6.07, 6.45) is -0.971. The fourth-order valence-corrected chi connectivity index (χ4v) is 2.10. The standard InChI is InChI=1S/C8H12N3O6P/c9-5-1-2-11(8(12)10-5)6-3-16-7(17-6)4-18(13,14)15/h1-2,6-7H,3-4H2,(H2,9,10,12)(H2,13,14,15)/t6-,7-/m1/s1. The van der Waals surface area contributed by atoms with E-state index in [1.807, 2.05) is 0 Å². The predicted octanol–water partition coefficient (Wildman–Crippen LogP) is -1.13. The van der Waals surface area contributed by atoms with Gasteiger partial charge in [-0.3, -0.25) is 9.13 Å². The first-order valence-electron chi connectivity index (χ1n) is 5.01. The Bertz CT molecular complexity index is 540. The second kappa shape index (κ2) is 4.79. The molecule has 100 valence electrons. The van der Waals surface area contributed by atoms with Gasteiger partial charge in [0, 0.05) is 6.20 Å². The molecule has 2 heterocycles. The Morgan fingerprint density at radius 3 is 2.94 bits per heavy atom. The van der Waals surface area contributed by atoms with Crippen molar-refractivity contribution in [3.63, 3.8) is 0 Å². The number of aromatic nitrogens is 2. The molecule has 1 aliphatic rings. The Labute approximate surface area is 101 Å². The minimum atomic E-state index is -4.23. The van der Waals surface area contributed by atoms with Crippen molar-refractivity contribution in [2.45, 2.75) is 12.5 Å². The summed E-state index contributed by atoms with van der Waals surface area (Å²) in [6, 6.07) is 1.42. The van der Waals surface area contributed by atoms with Crippen molar-refractivity contribution in [1.29, 1.82) is 0 Å². The van der Waals surface area contributed by atoms with Crippen LogP contribution in [0.15, 0.2) is 17.1 Å². The molecule has 18 heavy (non-hydrogen) atoms. The van der Waals surface area contributed by atoms with Gasteiger partial charge in [-0.05, 0) is 6.07 Å². The van der Waals surface area contributed by atoms with E-state index in [0.29, 0.717) is 0 Å². The second-order valence-electron chi connectivity index (χ2n) is 3.74. The highest BCUT2D eigenvalue weighted by Crippen LogP contribution is 2.38. The number of anilines is 1. The first-order chi connectivity index (χ1) is 8.35. The third-order valence-electron chi connectivity index (χ3n) is 2.28. The summed E-state index contributed by atoms with van der Waals surface area (Å²) in [7, 11) is -4.23. The van der Waals surface area contributed by atoms with E-state index in [-0.39, 0.29) is 12.4 Å². The zero-order chi connectivity index (χ0) is 13.3. The Morgan fingerprint density at radius 1 is 1.61 bits per heavy atom. The summed E-state index contributed by atoms with van der Waals surface area (Å²) in [5.74, 6) is 0.0851. The van der Waals surface area contributed by atoms with Gasteiger partial charge in [0.2, 0.25) is 0 Å². The lowest BCUT2D eigenvalue weighted by Crippen LogP contribution is -2.28. The number of nitrogen functional groups attached to an aromatic ring is 1. The number of rotatable bonds is 3. The van der Waals surface area contributed by atoms with Crippen LogP contribution < -0.4 is 11.4 Å². The van der Waals surface area contributed by atoms with Gasteiger partial charge in [0.1, 0.15) is 12.0 Å². The molecule has 0 radical (unpaired) electrons. The van der Waals surface area contributed by atoms with Gasteiger partial charge in [-0.1, -0.05) is 0 Å². The van der Waals surface area contributed by atoms with Gasteiger partial charge in [-0.25, -0.2) is 4.79 Å². The van der Waals surface area contributed by atoms with Crippen LogP contribution in [0.5, 0.6) is 0 Å². The quantitative estimate of drug-likeness (QED) is 0.590. The Kier molecular flexibility index (Phi) is 3.51. The maximum absolute atomic E-state index is 11.5. The van der Waals surface area contributed by atoms with Gasteiger partial charge in [-0.15, -0.1) is 0 Å². The lowest BCUT2D eigenvalue weighted by atomic mass is 10.5. The van der Waals surface area contributed by atoms with E-state index in [4.69, 9.17) is 25.0 Å². The molecule has 9 nitrogen and oxygen atoms in total. The minimum Gasteiger partial charge on any atom is -0.383 e. The summed E-state index contributed by atoms with van der Waals surface area (Å²) < 4.78 is 22.2. The zero-order valence-corrected chi connectivity index (χ0v) is 10.1. The highest BCUT2D eigenvalue weighted by molar-refractivity contribution is 7.51. The van der Waals surface area contributed by atoms with Crippen LogP contribution >= 0.6 is 7.60 Å². The zero-order valence-electron chi connectivity index (χ0n) is 9.17. The average Bonchev–Trinajstić information content (AvgIpc) is 2.63. The molecule has 1 saturated heterocycles. The topological polar surface area (TPSA) is 137 Å². The molecule has 0 spiro atoms. The number of ether oxygens (including phenoxy) is 2. The van der Waals surface area contributed by atoms with Crippen LogP contribution in [0.3, 0.4) is 0 Å². The van der Waals surface area contributed by atoms with E-state index in [0.717, 1.165) is 4.57 Å². The van der Waals surface area contributed by atoms with E-state index in [9.17, 15) is 9.36 Å². The van der Waals surface area contributed by atoms with Gasteiger partial charge >= 0.3 is 13.3 Å². The molecule has 1 aliphatic heterocycles. The second-order valence-corrected chi connectivity index (χ2v) is 5.44. The normalized spacial score (nSPS) is 24.3. The molecule has 1 aromatic heterocycles. The van der Waals surface area contributed by atoms with Crippen LogP contribution in [-0.2, 0) is 14.0 Å². The average molecular weight is 277 g/mol. The Hall–Kier alpha value is -1.25. The third-order valence-corrected chi connectivity index (χ3v) is 3.06. The van der Waals surface area contributed by atoms with E-state index in [1.165, 1.54) is 12.3 Å². The lowest BCUT2D eigenvalue weighted by Gasteiger charge is -2.13. The van der Waals surface area contributed by atoms with Gasteiger partial charge in [-0.2, -0.15) is 4.98 Å². The molecule has 0 aromatic carbocycles. The predicted molar refractivity (Wildman–Crippen MR) is 59.7 cm³/mol. The molecule has 0 unspecified atom stereocenters. The van der Waals surface area contributed by atoms with Gasteiger partial charge in [0.25, 0.3) is 0 Å².